The molecule has 2 rings (SSSR count). The van der Waals surface area contributed by atoms with Crippen LogP contribution >= 0.6 is 15.9 Å². The van der Waals surface area contributed by atoms with Gasteiger partial charge in [0.25, 0.3) is 0 Å². The van der Waals surface area contributed by atoms with Gasteiger partial charge in [0.15, 0.2) is 0 Å². The Morgan fingerprint density at radius 2 is 1.63 bits per heavy atom. The van der Waals surface area contributed by atoms with E-state index in [0.29, 0.717) is 11.5 Å². The Bertz CT molecular complexity index is 619. The van der Waals surface area contributed by atoms with E-state index < -0.39 is 9.85 Å². The van der Waals surface area contributed by atoms with E-state index in [4.69, 9.17) is 8.83 Å². The number of hydrogen-bond donors (Lipinski definition) is 0. The van der Waals surface area contributed by atoms with Crippen LogP contribution in [0, 0.1) is 20.2 Å². The Labute approximate surface area is 114 Å². The van der Waals surface area contributed by atoms with Gasteiger partial charge in [0.05, 0.1) is 17.0 Å². The average Bonchev–Trinajstić information content (AvgIpc) is 2.96. The first kappa shape index (κ1) is 13.3. The van der Waals surface area contributed by atoms with Crippen LogP contribution in [-0.2, 0) is 6.42 Å². The minimum atomic E-state index is -0.638. The third-order valence-electron chi connectivity index (χ3n) is 2.31. The lowest BCUT2D eigenvalue weighted by Crippen LogP contribution is -1.92. The Morgan fingerprint density at radius 1 is 1.05 bits per heavy atom. The summed E-state index contributed by atoms with van der Waals surface area (Å²) in [6.45, 7) is 0. The first-order valence-electron chi connectivity index (χ1n) is 5.08. The van der Waals surface area contributed by atoms with Crippen LogP contribution in [0.3, 0.4) is 0 Å². The normalized spacial score (nSPS) is 12.3. The highest BCUT2D eigenvalue weighted by Gasteiger charge is 2.20. The standard InChI is InChI=1S/C10H7BrN2O6/c11-7(8-2-4-10(19-8)13(16)17)5-6-1-3-9(18-6)12(14)15/h1-4,7H,5H2. The van der Waals surface area contributed by atoms with Crippen LogP contribution in [0.5, 0.6) is 0 Å². The van der Waals surface area contributed by atoms with Gasteiger partial charge >= 0.3 is 11.8 Å². The first-order chi connectivity index (χ1) is 8.97. The number of alkyl halides is 1. The van der Waals surface area contributed by atoms with Gasteiger partial charge in [-0.15, -0.1) is 0 Å². The van der Waals surface area contributed by atoms with Crippen molar-refractivity contribution in [2.24, 2.45) is 0 Å². The predicted octanol–water partition coefficient (Wildman–Crippen LogP) is 3.37. The molecule has 0 aliphatic heterocycles. The minimum Gasteiger partial charge on any atom is -0.406 e. The van der Waals surface area contributed by atoms with Crippen molar-refractivity contribution >= 4 is 27.7 Å². The predicted molar refractivity (Wildman–Crippen MR) is 66.1 cm³/mol. The summed E-state index contributed by atoms with van der Waals surface area (Å²) in [5, 5.41) is 20.9. The second-order valence-electron chi connectivity index (χ2n) is 3.60. The topological polar surface area (TPSA) is 113 Å². The maximum Gasteiger partial charge on any atom is 0.433 e. The maximum absolute atomic E-state index is 10.5. The molecule has 100 valence electrons. The maximum atomic E-state index is 10.5. The largest absolute Gasteiger partial charge is 0.433 e. The van der Waals surface area contributed by atoms with Gasteiger partial charge < -0.3 is 8.83 Å². The van der Waals surface area contributed by atoms with Crippen LogP contribution in [0.1, 0.15) is 16.3 Å². The van der Waals surface area contributed by atoms with Crippen molar-refractivity contribution in [3.05, 3.63) is 56.0 Å². The summed E-state index contributed by atoms with van der Waals surface area (Å²) in [4.78, 5) is 19.3. The summed E-state index contributed by atoms with van der Waals surface area (Å²) in [5.74, 6) is 0.0309. The number of hydrogen-bond acceptors (Lipinski definition) is 6. The fraction of sp³-hybridized carbons (Fsp3) is 0.200. The van der Waals surface area contributed by atoms with Crippen molar-refractivity contribution in [2.45, 2.75) is 11.2 Å². The number of nitrogens with zero attached hydrogens (tertiary/aromatic N) is 2. The van der Waals surface area contributed by atoms with E-state index in [1.165, 1.54) is 24.3 Å². The molecule has 2 aromatic heterocycles. The smallest absolute Gasteiger partial charge is 0.406 e. The van der Waals surface area contributed by atoms with Gasteiger partial charge in [-0.05, 0) is 12.1 Å². The second kappa shape index (κ2) is 5.22. The van der Waals surface area contributed by atoms with E-state index in [2.05, 4.69) is 15.9 Å². The Morgan fingerprint density at radius 3 is 2.16 bits per heavy atom. The summed E-state index contributed by atoms with van der Waals surface area (Å²) >= 11 is 3.29. The number of furan rings is 2. The fourth-order valence-electron chi connectivity index (χ4n) is 1.46. The molecule has 0 amide bonds. The zero-order valence-corrected chi connectivity index (χ0v) is 10.9. The Hall–Kier alpha value is -2.16. The summed E-state index contributed by atoms with van der Waals surface area (Å²) in [7, 11) is 0. The monoisotopic (exact) mass is 330 g/mol. The SMILES string of the molecule is O=[N+]([O-])c1ccc(CC(Br)c2ccc([N+](=O)[O-])o2)o1. The molecule has 9 heteroatoms. The number of rotatable bonds is 5. The van der Waals surface area contributed by atoms with Crippen molar-refractivity contribution in [2.75, 3.05) is 0 Å². The van der Waals surface area contributed by atoms with Gasteiger partial charge in [-0.1, -0.05) is 15.9 Å². The van der Waals surface area contributed by atoms with Gasteiger partial charge in [0, 0.05) is 6.42 Å². The van der Waals surface area contributed by atoms with E-state index >= 15 is 0 Å². The molecule has 2 heterocycles. The molecule has 0 aliphatic rings. The number of halogens is 1. The van der Waals surface area contributed by atoms with Crippen LogP contribution in [-0.4, -0.2) is 9.85 Å². The van der Waals surface area contributed by atoms with Crippen molar-refractivity contribution in [3.63, 3.8) is 0 Å². The van der Waals surface area contributed by atoms with Crippen molar-refractivity contribution in [3.8, 4) is 0 Å². The molecule has 0 spiro atoms. The molecular formula is C10H7BrN2O6. The summed E-state index contributed by atoms with van der Waals surface area (Å²) < 4.78 is 10.00. The van der Waals surface area contributed by atoms with Crippen molar-refractivity contribution in [1.29, 1.82) is 0 Å². The quantitative estimate of drug-likeness (QED) is 0.471. The van der Waals surface area contributed by atoms with Crippen LogP contribution in [0.4, 0.5) is 11.8 Å². The van der Waals surface area contributed by atoms with Crippen molar-refractivity contribution < 1.29 is 18.7 Å². The second-order valence-corrected chi connectivity index (χ2v) is 4.71. The lowest BCUT2D eigenvalue weighted by Gasteiger charge is -2.02. The fourth-order valence-corrected chi connectivity index (χ4v) is 2.03. The van der Waals surface area contributed by atoms with Gasteiger partial charge in [-0.25, -0.2) is 0 Å². The first-order valence-corrected chi connectivity index (χ1v) is 6.00. The number of nitro groups is 2. The molecule has 2 aromatic rings. The lowest BCUT2D eigenvalue weighted by molar-refractivity contribution is -0.402. The molecule has 0 N–H and O–H groups in total. The van der Waals surface area contributed by atoms with E-state index in [9.17, 15) is 20.2 Å². The van der Waals surface area contributed by atoms with E-state index in [1.54, 1.807) is 0 Å². The molecule has 0 aromatic carbocycles. The van der Waals surface area contributed by atoms with Crippen LogP contribution in [0.2, 0.25) is 0 Å². The molecule has 0 aliphatic carbocycles. The molecule has 0 fully saturated rings. The Balaban J connectivity index is 2.08. The van der Waals surface area contributed by atoms with E-state index in [-0.39, 0.29) is 23.0 Å². The van der Waals surface area contributed by atoms with Gasteiger partial charge in [0.2, 0.25) is 0 Å². The zero-order valence-electron chi connectivity index (χ0n) is 9.32. The highest BCUT2D eigenvalue weighted by atomic mass is 79.9. The van der Waals surface area contributed by atoms with Crippen LogP contribution in [0.25, 0.3) is 0 Å². The highest BCUT2D eigenvalue weighted by molar-refractivity contribution is 9.09. The molecule has 0 radical (unpaired) electrons. The summed E-state index contributed by atoms with van der Waals surface area (Å²) in [6, 6.07) is 5.44. The highest BCUT2D eigenvalue weighted by Crippen LogP contribution is 2.31. The summed E-state index contributed by atoms with van der Waals surface area (Å²) in [6.07, 6.45) is 0.276. The molecule has 1 unspecified atom stereocenters. The minimum absolute atomic E-state index is 0.276. The molecule has 1 atom stereocenters. The third-order valence-corrected chi connectivity index (χ3v) is 3.08. The molecule has 0 bridgehead atoms. The average molecular weight is 331 g/mol. The molecule has 0 saturated carbocycles. The molecule has 19 heavy (non-hydrogen) atoms. The van der Waals surface area contributed by atoms with Gasteiger partial charge in [-0.2, -0.15) is 0 Å². The lowest BCUT2D eigenvalue weighted by atomic mass is 10.2. The zero-order chi connectivity index (χ0) is 14.0. The molecular weight excluding hydrogens is 324 g/mol. The van der Waals surface area contributed by atoms with E-state index in [0.717, 1.165) is 0 Å². The molecule has 8 nitrogen and oxygen atoms in total. The Kier molecular flexibility index (Phi) is 3.65. The van der Waals surface area contributed by atoms with Gasteiger partial charge in [0.1, 0.15) is 21.4 Å². The van der Waals surface area contributed by atoms with Crippen molar-refractivity contribution in [1.82, 2.24) is 0 Å². The van der Waals surface area contributed by atoms with E-state index in [1.807, 2.05) is 0 Å². The summed E-state index contributed by atoms with van der Waals surface area (Å²) in [5.41, 5.74) is 0. The molecule has 0 saturated heterocycles. The van der Waals surface area contributed by atoms with Crippen LogP contribution in [0.15, 0.2) is 33.1 Å². The third kappa shape index (κ3) is 2.99. The van der Waals surface area contributed by atoms with Gasteiger partial charge in [-0.3, -0.25) is 20.2 Å². The van der Waals surface area contributed by atoms with Crippen LogP contribution < -0.4 is 0 Å².